The first-order valence-electron chi connectivity index (χ1n) is 7.35. The number of benzene rings is 1. The minimum Gasteiger partial charge on any atom is -0.377 e. The van der Waals surface area contributed by atoms with Crippen LogP contribution in [0.1, 0.15) is 36.0 Å². The fraction of sp³-hybridized carbons (Fsp3) is 0.562. The van der Waals surface area contributed by atoms with Gasteiger partial charge in [-0.05, 0) is 38.4 Å². The number of halogens is 2. The van der Waals surface area contributed by atoms with E-state index in [-0.39, 0.29) is 23.9 Å². The number of carbonyl (C=O) groups excluding carboxylic acids is 1. The molecule has 0 aliphatic carbocycles. The van der Waals surface area contributed by atoms with Crippen molar-refractivity contribution in [2.75, 3.05) is 26.7 Å². The van der Waals surface area contributed by atoms with Crippen LogP contribution in [0.25, 0.3) is 0 Å². The first-order valence-corrected chi connectivity index (χ1v) is 7.35. The first kappa shape index (κ1) is 16.0. The molecule has 1 saturated heterocycles. The molecule has 0 bridgehead atoms. The molecule has 0 aromatic heterocycles. The summed E-state index contributed by atoms with van der Waals surface area (Å²) in [6.45, 7) is 2.07. The van der Waals surface area contributed by atoms with Crippen molar-refractivity contribution in [3.05, 3.63) is 35.4 Å². The Morgan fingerprint density at radius 2 is 2.19 bits per heavy atom. The summed E-state index contributed by atoms with van der Waals surface area (Å²) < 4.78 is 32.3. The number of carbonyl (C=O) groups is 1. The van der Waals surface area contributed by atoms with Crippen molar-refractivity contribution in [1.29, 1.82) is 0 Å². The lowest BCUT2D eigenvalue weighted by Gasteiger charge is -2.27. The van der Waals surface area contributed by atoms with Crippen molar-refractivity contribution in [3.8, 4) is 0 Å². The third kappa shape index (κ3) is 4.58. The lowest BCUT2D eigenvalue weighted by Crippen LogP contribution is -2.34. The Morgan fingerprint density at radius 3 is 2.90 bits per heavy atom. The van der Waals surface area contributed by atoms with Crippen LogP contribution in [0.3, 0.4) is 0 Å². The summed E-state index contributed by atoms with van der Waals surface area (Å²) in [6, 6.07) is 3.69. The Kier molecular flexibility index (Phi) is 5.82. The third-order valence-electron chi connectivity index (χ3n) is 3.76. The molecular formula is C16H21F2NO2. The zero-order valence-electron chi connectivity index (χ0n) is 12.3. The predicted molar refractivity (Wildman–Crippen MR) is 76.4 cm³/mol. The minimum absolute atomic E-state index is 0.169. The van der Waals surface area contributed by atoms with Crippen LogP contribution in [0, 0.1) is 11.6 Å². The SMILES string of the molecule is CN(CCC(=O)c1cccc(F)c1F)CC1CCCCO1. The van der Waals surface area contributed by atoms with Gasteiger partial charge in [0.05, 0.1) is 11.7 Å². The fourth-order valence-electron chi connectivity index (χ4n) is 2.54. The molecular weight excluding hydrogens is 276 g/mol. The Bertz CT molecular complexity index is 487. The highest BCUT2D eigenvalue weighted by Gasteiger charge is 2.18. The Hall–Kier alpha value is -1.33. The van der Waals surface area contributed by atoms with E-state index in [4.69, 9.17) is 4.74 Å². The van der Waals surface area contributed by atoms with Gasteiger partial charge >= 0.3 is 0 Å². The van der Waals surface area contributed by atoms with Crippen molar-refractivity contribution in [2.45, 2.75) is 31.8 Å². The van der Waals surface area contributed by atoms with E-state index >= 15 is 0 Å². The van der Waals surface area contributed by atoms with Crippen LogP contribution < -0.4 is 0 Å². The summed E-state index contributed by atoms with van der Waals surface area (Å²) in [5.74, 6) is -2.41. The zero-order chi connectivity index (χ0) is 15.2. The molecule has 1 atom stereocenters. The van der Waals surface area contributed by atoms with Crippen LogP contribution in [0.5, 0.6) is 0 Å². The van der Waals surface area contributed by atoms with E-state index in [2.05, 4.69) is 0 Å². The number of nitrogens with zero attached hydrogens (tertiary/aromatic N) is 1. The average Bonchev–Trinajstić information content (AvgIpc) is 2.48. The molecule has 1 aromatic carbocycles. The van der Waals surface area contributed by atoms with Gasteiger partial charge in [0.25, 0.3) is 0 Å². The van der Waals surface area contributed by atoms with Gasteiger partial charge in [-0.25, -0.2) is 8.78 Å². The van der Waals surface area contributed by atoms with Gasteiger partial charge in [0.2, 0.25) is 0 Å². The molecule has 3 nitrogen and oxygen atoms in total. The number of Topliss-reactive ketones (excluding diaryl/α,β-unsaturated/α-hetero) is 1. The van der Waals surface area contributed by atoms with Gasteiger partial charge in [-0.15, -0.1) is 0 Å². The fourth-order valence-corrected chi connectivity index (χ4v) is 2.54. The van der Waals surface area contributed by atoms with E-state index in [0.29, 0.717) is 6.54 Å². The van der Waals surface area contributed by atoms with Crippen LogP contribution >= 0.6 is 0 Å². The Morgan fingerprint density at radius 1 is 1.38 bits per heavy atom. The molecule has 1 aromatic rings. The Labute approximate surface area is 123 Å². The molecule has 1 aliphatic heterocycles. The van der Waals surface area contributed by atoms with Crippen molar-refractivity contribution in [2.24, 2.45) is 0 Å². The van der Waals surface area contributed by atoms with Crippen LogP contribution in [0.2, 0.25) is 0 Å². The maximum absolute atomic E-state index is 13.5. The van der Waals surface area contributed by atoms with Crippen molar-refractivity contribution in [3.63, 3.8) is 0 Å². The van der Waals surface area contributed by atoms with E-state index in [1.165, 1.54) is 18.6 Å². The van der Waals surface area contributed by atoms with Gasteiger partial charge in [0.15, 0.2) is 17.4 Å². The molecule has 1 heterocycles. The lowest BCUT2D eigenvalue weighted by atomic mass is 10.1. The number of ether oxygens (including phenoxy) is 1. The highest BCUT2D eigenvalue weighted by atomic mass is 19.2. The molecule has 2 rings (SSSR count). The summed E-state index contributed by atoms with van der Waals surface area (Å²) in [5, 5.41) is 0. The molecule has 1 fully saturated rings. The van der Waals surface area contributed by atoms with Gasteiger partial charge < -0.3 is 9.64 Å². The van der Waals surface area contributed by atoms with Crippen LogP contribution in [0.15, 0.2) is 18.2 Å². The topological polar surface area (TPSA) is 29.5 Å². The zero-order valence-corrected chi connectivity index (χ0v) is 12.3. The average molecular weight is 297 g/mol. The molecule has 0 radical (unpaired) electrons. The van der Waals surface area contributed by atoms with Gasteiger partial charge in [0, 0.05) is 26.1 Å². The Balaban J connectivity index is 1.81. The van der Waals surface area contributed by atoms with Crippen LogP contribution in [-0.4, -0.2) is 43.5 Å². The number of hydrogen-bond acceptors (Lipinski definition) is 3. The summed E-state index contributed by atoms with van der Waals surface area (Å²) in [7, 11) is 1.91. The van der Waals surface area contributed by atoms with Gasteiger partial charge in [-0.2, -0.15) is 0 Å². The molecule has 116 valence electrons. The summed E-state index contributed by atoms with van der Waals surface area (Å²) in [6.07, 6.45) is 3.70. The van der Waals surface area contributed by atoms with Crippen LogP contribution in [-0.2, 0) is 4.74 Å². The minimum atomic E-state index is -1.05. The van der Waals surface area contributed by atoms with E-state index in [9.17, 15) is 13.6 Å². The summed E-state index contributed by atoms with van der Waals surface area (Å²) in [4.78, 5) is 14.0. The number of rotatable bonds is 6. The number of hydrogen-bond donors (Lipinski definition) is 0. The smallest absolute Gasteiger partial charge is 0.169 e. The van der Waals surface area contributed by atoms with Crippen molar-refractivity contribution in [1.82, 2.24) is 4.90 Å². The van der Waals surface area contributed by atoms with E-state index < -0.39 is 11.6 Å². The van der Waals surface area contributed by atoms with Crippen molar-refractivity contribution >= 4 is 5.78 Å². The van der Waals surface area contributed by atoms with Gasteiger partial charge in [0.1, 0.15) is 0 Å². The normalized spacial score (nSPS) is 19.0. The largest absolute Gasteiger partial charge is 0.377 e. The molecule has 21 heavy (non-hydrogen) atoms. The summed E-state index contributed by atoms with van der Waals surface area (Å²) >= 11 is 0. The third-order valence-corrected chi connectivity index (χ3v) is 3.76. The van der Waals surface area contributed by atoms with E-state index in [1.807, 2.05) is 11.9 Å². The quantitative estimate of drug-likeness (QED) is 0.756. The second-order valence-corrected chi connectivity index (χ2v) is 5.53. The molecule has 0 amide bonds. The first-order chi connectivity index (χ1) is 10.1. The second kappa shape index (κ2) is 7.61. The molecule has 5 heteroatoms. The maximum atomic E-state index is 13.5. The standard InChI is InChI=1S/C16H21F2NO2/c1-19(11-12-5-2-3-10-21-12)9-8-15(20)13-6-4-7-14(17)16(13)18/h4,6-7,12H,2-3,5,8-11H2,1H3. The predicted octanol–water partition coefficient (Wildman–Crippen LogP) is 3.04. The van der Waals surface area contributed by atoms with Crippen LogP contribution in [0.4, 0.5) is 8.78 Å². The molecule has 0 spiro atoms. The van der Waals surface area contributed by atoms with Gasteiger partial charge in [-0.3, -0.25) is 4.79 Å². The molecule has 1 aliphatic rings. The lowest BCUT2D eigenvalue weighted by molar-refractivity contribution is -0.00144. The van der Waals surface area contributed by atoms with E-state index in [0.717, 1.165) is 32.1 Å². The van der Waals surface area contributed by atoms with E-state index in [1.54, 1.807) is 0 Å². The summed E-state index contributed by atoms with van der Waals surface area (Å²) in [5.41, 5.74) is -0.169. The highest BCUT2D eigenvalue weighted by molar-refractivity contribution is 5.96. The molecule has 0 N–H and O–H groups in total. The highest BCUT2D eigenvalue weighted by Crippen LogP contribution is 2.15. The van der Waals surface area contributed by atoms with Crippen molar-refractivity contribution < 1.29 is 18.3 Å². The second-order valence-electron chi connectivity index (χ2n) is 5.53. The molecule has 0 saturated carbocycles. The van der Waals surface area contributed by atoms with Gasteiger partial charge in [-0.1, -0.05) is 6.07 Å². The number of ketones is 1. The monoisotopic (exact) mass is 297 g/mol. The molecule has 1 unspecified atom stereocenters. The maximum Gasteiger partial charge on any atom is 0.169 e. The number of likely N-dealkylation sites (N-methyl/N-ethyl adjacent to an activating group) is 1.